The van der Waals surface area contributed by atoms with Crippen LogP contribution in [0.3, 0.4) is 0 Å². The van der Waals surface area contributed by atoms with Gasteiger partial charge in [0.25, 0.3) is 0 Å². The third-order valence-corrected chi connectivity index (χ3v) is 3.09. The van der Waals surface area contributed by atoms with Gasteiger partial charge in [-0.1, -0.05) is 35.8 Å². The number of hydrogen-bond acceptors (Lipinski definition) is 1. The molecule has 110 valence electrons. The van der Waals surface area contributed by atoms with Gasteiger partial charge in [0, 0.05) is 0 Å². The van der Waals surface area contributed by atoms with Gasteiger partial charge in [0.05, 0.1) is 18.8 Å². The average molecular weight is 296 g/mol. The largest absolute Gasteiger partial charge is 0.416 e. The van der Waals surface area contributed by atoms with Crippen molar-refractivity contribution in [1.82, 2.24) is 0 Å². The third-order valence-electron chi connectivity index (χ3n) is 3.09. The van der Waals surface area contributed by atoms with E-state index in [1.807, 2.05) is 0 Å². The predicted molar refractivity (Wildman–Crippen MR) is 74.5 cm³/mol. The second kappa shape index (κ2) is 6.31. The van der Waals surface area contributed by atoms with Gasteiger partial charge in [0.1, 0.15) is 13.7 Å². The van der Waals surface area contributed by atoms with E-state index in [0.29, 0.717) is 11.0 Å². The van der Waals surface area contributed by atoms with Gasteiger partial charge in [-0.15, -0.1) is 0 Å². The summed E-state index contributed by atoms with van der Waals surface area (Å²) in [6.45, 7) is -0.116. The second-order valence-corrected chi connectivity index (χ2v) is 4.73. The molecule has 6 heteroatoms. The van der Waals surface area contributed by atoms with Crippen molar-refractivity contribution in [3.8, 4) is 0 Å². The van der Waals surface area contributed by atoms with Crippen LogP contribution in [0.15, 0.2) is 42.5 Å². The van der Waals surface area contributed by atoms with Crippen LogP contribution in [-0.4, -0.2) is 7.85 Å². The summed E-state index contributed by atoms with van der Waals surface area (Å²) in [5.74, 6) is -0.355. The molecule has 2 rings (SSSR count). The molecular formula is C15H13BF4O. The zero-order valence-electron chi connectivity index (χ0n) is 11.4. The van der Waals surface area contributed by atoms with Crippen LogP contribution in [0.1, 0.15) is 16.7 Å². The molecule has 0 radical (unpaired) electrons. The summed E-state index contributed by atoms with van der Waals surface area (Å²) in [5, 5.41) is 0. The van der Waals surface area contributed by atoms with Gasteiger partial charge >= 0.3 is 6.18 Å². The minimum absolute atomic E-state index is 0.0589. The highest BCUT2D eigenvalue weighted by atomic mass is 19.4. The Bertz CT molecular complexity index is 625. The summed E-state index contributed by atoms with van der Waals surface area (Å²) < 4.78 is 57.0. The molecule has 0 amide bonds. The molecule has 0 fully saturated rings. The molecule has 21 heavy (non-hydrogen) atoms. The Morgan fingerprint density at radius 1 is 1.00 bits per heavy atom. The molecule has 0 unspecified atom stereocenters. The maximum Gasteiger partial charge on any atom is 0.416 e. The van der Waals surface area contributed by atoms with Crippen LogP contribution in [0.4, 0.5) is 17.6 Å². The smallest absolute Gasteiger partial charge is 0.372 e. The minimum Gasteiger partial charge on any atom is -0.372 e. The average Bonchev–Trinajstić information content (AvgIpc) is 2.42. The van der Waals surface area contributed by atoms with Crippen LogP contribution in [0.25, 0.3) is 0 Å². The van der Waals surface area contributed by atoms with Gasteiger partial charge in [-0.05, 0) is 23.3 Å². The molecular weight excluding hydrogens is 283 g/mol. The molecule has 0 heterocycles. The van der Waals surface area contributed by atoms with E-state index in [9.17, 15) is 17.6 Å². The van der Waals surface area contributed by atoms with E-state index in [1.54, 1.807) is 20.0 Å². The highest BCUT2D eigenvalue weighted by molar-refractivity contribution is 6.32. The Kier molecular flexibility index (Phi) is 4.68. The van der Waals surface area contributed by atoms with Gasteiger partial charge in [-0.2, -0.15) is 13.2 Å². The van der Waals surface area contributed by atoms with Gasteiger partial charge in [-0.3, -0.25) is 0 Å². The SMILES string of the molecule is Bc1ccc(COCc2ccccc2C(F)(F)F)cc1F. The second-order valence-electron chi connectivity index (χ2n) is 4.73. The maximum absolute atomic E-state index is 13.3. The first kappa shape index (κ1) is 15.6. The van der Waals surface area contributed by atoms with Crippen molar-refractivity contribution in [1.29, 1.82) is 0 Å². The molecule has 0 saturated carbocycles. The fourth-order valence-corrected chi connectivity index (χ4v) is 1.93. The lowest BCUT2D eigenvalue weighted by Gasteiger charge is -2.13. The molecule has 0 bridgehead atoms. The van der Waals surface area contributed by atoms with Crippen molar-refractivity contribution in [3.63, 3.8) is 0 Å². The number of benzene rings is 2. The first-order chi connectivity index (χ1) is 9.88. The zero-order chi connectivity index (χ0) is 15.5. The molecule has 0 aliphatic rings. The minimum atomic E-state index is -4.41. The van der Waals surface area contributed by atoms with Crippen LogP contribution < -0.4 is 5.46 Å². The van der Waals surface area contributed by atoms with E-state index in [1.165, 1.54) is 24.3 Å². The first-order valence-corrected chi connectivity index (χ1v) is 6.36. The van der Waals surface area contributed by atoms with Gasteiger partial charge in [-0.25, -0.2) is 4.39 Å². The Morgan fingerprint density at radius 3 is 2.38 bits per heavy atom. The quantitative estimate of drug-likeness (QED) is 0.623. The van der Waals surface area contributed by atoms with Gasteiger partial charge in [0.15, 0.2) is 0 Å². The van der Waals surface area contributed by atoms with Crippen molar-refractivity contribution in [2.75, 3.05) is 0 Å². The summed E-state index contributed by atoms with van der Waals surface area (Å²) in [6, 6.07) is 9.88. The van der Waals surface area contributed by atoms with Gasteiger partial charge < -0.3 is 4.74 Å². The molecule has 0 N–H and O–H groups in total. The molecule has 0 aliphatic heterocycles. The standard InChI is InChI=1S/C15H13BF4O/c16-13-6-5-10(7-14(13)17)8-21-9-11-3-1-2-4-12(11)15(18,19)20/h1-7H,8-9,16H2. The van der Waals surface area contributed by atoms with Crippen LogP contribution >= 0.6 is 0 Å². The summed E-state index contributed by atoms with van der Waals surface area (Å²) in [4.78, 5) is 0. The van der Waals surface area contributed by atoms with Crippen molar-refractivity contribution in [2.24, 2.45) is 0 Å². The molecule has 2 aromatic carbocycles. The van der Waals surface area contributed by atoms with Crippen LogP contribution in [0.5, 0.6) is 0 Å². The number of rotatable bonds is 4. The topological polar surface area (TPSA) is 9.23 Å². The Labute approximate surface area is 121 Å². The third kappa shape index (κ3) is 4.08. The number of halogens is 4. The van der Waals surface area contributed by atoms with Crippen molar-refractivity contribution in [3.05, 3.63) is 65.0 Å². The van der Waals surface area contributed by atoms with E-state index in [0.717, 1.165) is 6.07 Å². The van der Waals surface area contributed by atoms with Crippen LogP contribution in [0, 0.1) is 5.82 Å². The Morgan fingerprint density at radius 2 is 1.71 bits per heavy atom. The van der Waals surface area contributed by atoms with E-state index in [-0.39, 0.29) is 24.6 Å². The summed E-state index contributed by atoms with van der Waals surface area (Å²) in [6.07, 6.45) is -4.41. The van der Waals surface area contributed by atoms with Gasteiger partial charge in [0.2, 0.25) is 0 Å². The lowest BCUT2D eigenvalue weighted by atomic mass is 9.94. The summed E-state index contributed by atoms with van der Waals surface area (Å²) >= 11 is 0. The fraction of sp³-hybridized carbons (Fsp3) is 0.200. The zero-order valence-corrected chi connectivity index (χ0v) is 11.4. The Balaban J connectivity index is 2.02. The van der Waals surface area contributed by atoms with Crippen molar-refractivity contribution in [2.45, 2.75) is 19.4 Å². The first-order valence-electron chi connectivity index (χ1n) is 6.36. The number of alkyl halides is 3. The fourth-order valence-electron chi connectivity index (χ4n) is 1.93. The maximum atomic E-state index is 13.3. The van der Waals surface area contributed by atoms with E-state index >= 15 is 0 Å². The predicted octanol–water partition coefficient (Wildman–Crippen LogP) is 2.82. The molecule has 2 aromatic rings. The number of hydrogen-bond donors (Lipinski definition) is 0. The monoisotopic (exact) mass is 296 g/mol. The molecule has 0 atom stereocenters. The van der Waals surface area contributed by atoms with E-state index in [4.69, 9.17) is 4.74 Å². The molecule has 0 saturated heterocycles. The molecule has 0 aliphatic carbocycles. The van der Waals surface area contributed by atoms with E-state index < -0.39 is 11.7 Å². The highest BCUT2D eigenvalue weighted by Crippen LogP contribution is 2.32. The molecule has 0 spiro atoms. The summed E-state index contributed by atoms with van der Waals surface area (Å²) in [5.41, 5.74) is 0.460. The molecule has 1 nitrogen and oxygen atoms in total. The van der Waals surface area contributed by atoms with Crippen molar-refractivity contribution >= 4 is 13.3 Å². The van der Waals surface area contributed by atoms with Crippen LogP contribution in [-0.2, 0) is 24.1 Å². The number of ether oxygens (including phenoxy) is 1. The van der Waals surface area contributed by atoms with Crippen molar-refractivity contribution < 1.29 is 22.3 Å². The van der Waals surface area contributed by atoms with Crippen LogP contribution in [0.2, 0.25) is 0 Å². The molecule has 0 aromatic heterocycles. The normalized spacial score (nSPS) is 11.6. The lowest BCUT2D eigenvalue weighted by molar-refractivity contribution is -0.138. The summed E-state index contributed by atoms with van der Waals surface area (Å²) in [7, 11) is 1.64. The van der Waals surface area contributed by atoms with E-state index in [2.05, 4.69) is 0 Å². The Hall–Kier alpha value is -1.82. The lowest BCUT2D eigenvalue weighted by Crippen LogP contribution is -2.10. The highest BCUT2D eigenvalue weighted by Gasteiger charge is 2.32.